The fourth-order valence-electron chi connectivity index (χ4n) is 2.20. The van der Waals surface area contributed by atoms with E-state index in [-0.39, 0.29) is 24.0 Å². The summed E-state index contributed by atoms with van der Waals surface area (Å²) in [5.74, 6) is 0.224. The van der Waals surface area contributed by atoms with Crippen LogP contribution in [-0.2, 0) is 6.54 Å². The van der Waals surface area contributed by atoms with Gasteiger partial charge in [-0.1, -0.05) is 51.1 Å². The molecule has 0 spiro atoms. The van der Waals surface area contributed by atoms with Gasteiger partial charge in [0.1, 0.15) is 0 Å². The third-order valence-corrected chi connectivity index (χ3v) is 3.89. The van der Waals surface area contributed by atoms with E-state index >= 15 is 0 Å². The minimum Gasteiger partial charge on any atom is -0.393 e. The number of nitrogens with zero attached hydrogens (tertiary/aromatic N) is 1. The van der Waals surface area contributed by atoms with Crippen molar-refractivity contribution in [2.75, 3.05) is 0 Å². The van der Waals surface area contributed by atoms with Gasteiger partial charge in [0.25, 0.3) is 0 Å². The average Bonchev–Trinajstić information content (AvgIpc) is 2.47. The molecule has 1 aromatic carbocycles. The first-order chi connectivity index (χ1) is 9.10. The Morgan fingerprint density at radius 1 is 1.21 bits per heavy atom. The van der Waals surface area contributed by atoms with E-state index in [2.05, 4.69) is 11.4 Å². The lowest BCUT2D eigenvalue weighted by Gasteiger charge is -2.28. The smallest absolute Gasteiger partial charge is 0.0984 e. The summed E-state index contributed by atoms with van der Waals surface area (Å²) in [4.78, 5) is 0. The number of aliphatic hydroxyl groups is 1. The normalized spacial score (nSPS) is 17.2. The molecule has 0 bridgehead atoms. The predicted molar refractivity (Wildman–Crippen MR) is 77.3 cm³/mol. The second-order valence-electron chi connectivity index (χ2n) is 5.17. The van der Waals surface area contributed by atoms with Crippen LogP contribution in [0.2, 0.25) is 0 Å². The van der Waals surface area contributed by atoms with Gasteiger partial charge in [0.2, 0.25) is 0 Å². The Labute approximate surface area is 116 Å². The highest BCUT2D eigenvalue weighted by atomic mass is 16.3. The lowest BCUT2D eigenvalue weighted by molar-refractivity contribution is 0.0772. The van der Waals surface area contributed by atoms with Crippen LogP contribution in [0, 0.1) is 23.2 Å². The summed E-state index contributed by atoms with van der Waals surface area (Å²) in [6, 6.07) is 12.1. The van der Waals surface area contributed by atoms with E-state index in [1.54, 1.807) is 0 Å². The Balaban J connectivity index is 2.56. The van der Waals surface area contributed by atoms with Gasteiger partial charge in [0, 0.05) is 6.54 Å². The van der Waals surface area contributed by atoms with Gasteiger partial charge >= 0.3 is 0 Å². The van der Waals surface area contributed by atoms with Gasteiger partial charge in [0.15, 0.2) is 0 Å². The van der Waals surface area contributed by atoms with Crippen molar-refractivity contribution in [3.8, 4) is 6.07 Å². The molecule has 0 amide bonds. The Kier molecular flexibility index (Phi) is 6.55. The molecule has 0 heterocycles. The van der Waals surface area contributed by atoms with Crippen LogP contribution in [0.1, 0.15) is 32.8 Å². The second-order valence-corrected chi connectivity index (χ2v) is 5.17. The summed E-state index contributed by atoms with van der Waals surface area (Å²) < 4.78 is 0. The maximum Gasteiger partial charge on any atom is 0.0984 e. The van der Waals surface area contributed by atoms with Crippen LogP contribution in [0.3, 0.4) is 0 Å². The minimum atomic E-state index is -0.343. The van der Waals surface area contributed by atoms with Crippen molar-refractivity contribution < 1.29 is 5.11 Å². The van der Waals surface area contributed by atoms with E-state index in [0.29, 0.717) is 6.54 Å². The van der Waals surface area contributed by atoms with E-state index < -0.39 is 0 Å². The molecule has 104 valence electrons. The van der Waals surface area contributed by atoms with Gasteiger partial charge in [0.05, 0.1) is 18.2 Å². The molecule has 2 N–H and O–H groups in total. The van der Waals surface area contributed by atoms with Crippen molar-refractivity contribution in [2.24, 2.45) is 11.8 Å². The maximum atomic E-state index is 9.89. The van der Waals surface area contributed by atoms with E-state index in [0.717, 1.165) is 6.42 Å². The van der Waals surface area contributed by atoms with E-state index in [9.17, 15) is 10.4 Å². The van der Waals surface area contributed by atoms with Gasteiger partial charge in [-0.25, -0.2) is 0 Å². The van der Waals surface area contributed by atoms with E-state index in [1.165, 1.54) is 5.56 Å². The van der Waals surface area contributed by atoms with Gasteiger partial charge in [-0.3, -0.25) is 5.32 Å². The number of benzene rings is 1. The number of rotatable bonds is 7. The third-order valence-electron chi connectivity index (χ3n) is 3.89. The number of nitriles is 1. The van der Waals surface area contributed by atoms with Gasteiger partial charge in [-0.05, 0) is 23.8 Å². The molecular formula is C16H24N2O. The molecule has 4 unspecified atom stereocenters. The second kappa shape index (κ2) is 7.93. The molecule has 1 rings (SSSR count). The van der Waals surface area contributed by atoms with Crippen LogP contribution in [0.25, 0.3) is 0 Å². The Morgan fingerprint density at radius 2 is 1.84 bits per heavy atom. The SMILES string of the molecule is CCC(O)C(C)C(C)C(C#N)NCc1ccccc1. The summed E-state index contributed by atoms with van der Waals surface area (Å²) in [6.07, 6.45) is 0.381. The van der Waals surface area contributed by atoms with Crippen LogP contribution < -0.4 is 5.32 Å². The summed E-state index contributed by atoms with van der Waals surface area (Å²) in [6.45, 7) is 6.67. The molecular weight excluding hydrogens is 236 g/mol. The Bertz CT molecular complexity index is 399. The molecule has 0 aliphatic heterocycles. The van der Waals surface area contributed by atoms with Crippen molar-refractivity contribution in [2.45, 2.75) is 45.9 Å². The number of hydrogen-bond donors (Lipinski definition) is 2. The van der Waals surface area contributed by atoms with Crippen molar-refractivity contribution in [3.05, 3.63) is 35.9 Å². The third kappa shape index (κ3) is 4.66. The van der Waals surface area contributed by atoms with Gasteiger partial charge in [-0.15, -0.1) is 0 Å². The van der Waals surface area contributed by atoms with Crippen LogP contribution in [0.15, 0.2) is 30.3 Å². The highest BCUT2D eigenvalue weighted by Crippen LogP contribution is 2.21. The largest absolute Gasteiger partial charge is 0.393 e. The molecule has 0 aliphatic carbocycles. The Morgan fingerprint density at radius 3 is 2.37 bits per heavy atom. The topological polar surface area (TPSA) is 56.0 Å². The predicted octanol–water partition coefficient (Wildman–Crippen LogP) is 2.71. The highest BCUT2D eigenvalue weighted by Gasteiger charge is 2.26. The molecule has 0 fully saturated rings. The van der Waals surface area contributed by atoms with Crippen LogP contribution in [-0.4, -0.2) is 17.3 Å². The Hall–Kier alpha value is -1.37. The summed E-state index contributed by atoms with van der Waals surface area (Å²) in [7, 11) is 0. The summed E-state index contributed by atoms with van der Waals surface area (Å²) in [5.41, 5.74) is 1.17. The highest BCUT2D eigenvalue weighted by molar-refractivity contribution is 5.15. The van der Waals surface area contributed by atoms with Gasteiger partial charge < -0.3 is 5.11 Å². The zero-order valence-electron chi connectivity index (χ0n) is 12.0. The van der Waals surface area contributed by atoms with Crippen molar-refractivity contribution in [3.63, 3.8) is 0 Å². The molecule has 3 heteroatoms. The zero-order valence-corrected chi connectivity index (χ0v) is 12.0. The first kappa shape index (κ1) is 15.7. The van der Waals surface area contributed by atoms with Gasteiger partial charge in [-0.2, -0.15) is 5.26 Å². The first-order valence-electron chi connectivity index (χ1n) is 6.95. The van der Waals surface area contributed by atoms with Crippen molar-refractivity contribution in [1.82, 2.24) is 5.32 Å². The van der Waals surface area contributed by atoms with Crippen molar-refractivity contribution in [1.29, 1.82) is 5.26 Å². The first-order valence-corrected chi connectivity index (χ1v) is 6.95. The fourth-order valence-corrected chi connectivity index (χ4v) is 2.20. The monoisotopic (exact) mass is 260 g/mol. The molecule has 4 atom stereocenters. The molecule has 0 radical (unpaired) electrons. The lowest BCUT2D eigenvalue weighted by atomic mass is 9.84. The molecule has 3 nitrogen and oxygen atoms in total. The lowest BCUT2D eigenvalue weighted by Crippen LogP contribution is -2.39. The summed E-state index contributed by atoms with van der Waals surface area (Å²) >= 11 is 0. The zero-order chi connectivity index (χ0) is 14.3. The molecule has 0 saturated heterocycles. The molecule has 0 aliphatic rings. The number of aliphatic hydroxyl groups excluding tert-OH is 1. The quantitative estimate of drug-likeness (QED) is 0.792. The van der Waals surface area contributed by atoms with Crippen LogP contribution >= 0.6 is 0 Å². The molecule has 19 heavy (non-hydrogen) atoms. The maximum absolute atomic E-state index is 9.89. The average molecular weight is 260 g/mol. The summed E-state index contributed by atoms with van der Waals surface area (Å²) in [5, 5.41) is 22.4. The molecule has 1 aromatic rings. The van der Waals surface area contributed by atoms with Crippen LogP contribution in [0.5, 0.6) is 0 Å². The molecule has 0 aromatic heterocycles. The number of nitrogens with one attached hydrogen (secondary N) is 1. The number of hydrogen-bond acceptors (Lipinski definition) is 3. The standard InChI is InChI=1S/C16H24N2O/c1-4-16(19)13(3)12(2)15(10-17)18-11-14-8-6-5-7-9-14/h5-9,12-13,15-16,18-19H,4,11H2,1-3H3. The van der Waals surface area contributed by atoms with Crippen molar-refractivity contribution >= 4 is 0 Å². The van der Waals surface area contributed by atoms with E-state index in [1.807, 2.05) is 51.1 Å². The minimum absolute atomic E-state index is 0.109. The fraction of sp³-hybridized carbons (Fsp3) is 0.562. The molecule has 0 saturated carbocycles. The van der Waals surface area contributed by atoms with Crippen LogP contribution in [0.4, 0.5) is 0 Å². The van der Waals surface area contributed by atoms with E-state index in [4.69, 9.17) is 0 Å².